The van der Waals surface area contributed by atoms with Crippen molar-refractivity contribution in [3.05, 3.63) is 34.9 Å². The molecule has 0 aromatic heterocycles. The van der Waals surface area contributed by atoms with Crippen LogP contribution in [0.3, 0.4) is 0 Å². The van der Waals surface area contributed by atoms with Crippen LogP contribution in [0.25, 0.3) is 0 Å². The van der Waals surface area contributed by atoms with Gasteiger partial charge in [0.05, 0.1) is 0 Å². The molecule has 0 unspecified atom stereocenters. The van der Waals surface area contributed by atoms with E-state index in [1.54, 1.807) is 6.92 Å². The molecular formula is C15H21ClN2O2. The predicted octanol–water partition coefficient (Wildman–Crippen LogP) is 2.49. The Balaban J connectivity index is 1.93. The molecule has 1 aromatic rings. The van der Waals surface area contributed by atoms with Gasteiger partial charge in [0.2, 0.25) is 0 Å². The van der Waals surface area contributed by atoms with Crippen molar-refractivity contribution in [2.45, 2.75) is 25.9 Å². The number of hydrogen-bond donors (Lipinski definition) is 1. The van der Waals surface area contributed by atoms with E-state index in [0.29, 0.717) is 6.04 Å². The molecule has 0 saturated carbocycles. The van der Waals surface area contributed by atoms with Gasteiger partial charge >= 0.3 is 5.97 Å². The molecule has 5 heteroatoms. The lowest BCUT2D eigenvalue weighted by Crippen LogP contribution is -2.52. The third kappa shape index (κ3) is 3.51. The third-order valence-electron chi connectivity index (χ3n) is 4.15. The second kappa shape index (κ2) is 6.57. The number of rotatable bonds is 4. The topological polar surface area (TPSA) is 43.8 Å². The summed E-state index contributed by atoms with van der Waals surface area (Å²) in [6.45, 7) is 7.31. The fourth-order valence-corrected chi connectivity index (χ4v) is 2.75. The normalized spacial score (nSPS) is 20.6. The van der Waals surface area contributed by atoms with Crippen LogP contribution in [0.4, 0.5) is 0 Å². The molecule has 110 valence electrons. The van der Waals surface area contributed by atoms with Crippen LogP contribution in [0.15, 0.2) is 24.3 Å². The summed E-state index contributed by atoms with van der Waals surface area (Å²) in [5.74, 6) is -0.746. The molecule has 1 aliphatic heterocycles. The van der Waals surface area contributed by atoms with Crippen molar-refractivity contribution in [3.8, 4) is 0 Å². The highest BCUT2D eigenvalue weighted by molar-refractivity contribution is 6.30. The van der Waals surface area contributed by atoms with Crippen LogP contribution < -0.4 is 0 Å². The van der Waals surface area contributed by atoms with E-state index in [1.807, 2.05) is 17.0 Å². The fraction of sp³-hybridized carbons (Fsp3) is 0.533. The van der Waals surface area contributed by atoms with Crippen molar-refractivity contribution in [2.24, 2.45) is 0 Å². The molecule has 1 N–H and O–H groups in total. The first kappa shape index (κ1) is 15.3. The number of benzene rings is 1. The average molecular weight is 297 g/mol. The largest absolute Gasteiger partial charge is 0.480 e. The number of carboxylic acids is 1. The number of halogens is 1. The number of carbonyl (C=O) groups is 1. The number of nitrogens with zero attached hydrogens (tertiary/aromatic N) is 2. The summed E-state index contributed by atoms with van der Waals surface area (Å²) in [4.78, 5) is 15.4. The van der Waals surface area contributed by atoms with Gasteiger partial charge in [0, 0.05) is 37.2 Å². The van der Waals surface area contributed by atoms with Gasteiger partial charge < -0.3 is 5.11 Å². The van der Waals surface area contributed by atoms with Crippen LogP contribution in [0.2, 0.25) is 5.02 Å². The Kier molecular flexibility index (Phi) is 5.02. The molecule has 0 amide bonds. The van der Waals surface area contributed by atoms with Crippen LogP contribution >= 0.6 is 11.6 Å². The molecule has 2 rings (SSSR count). The fourth-order valence-electron chi connectivity index (χ4n) is 2.62. The van der Waals surface area contributed by atoms with E-state index in [9.17, 15) is 4.79 Å². The maximum absolute atomic E-state index is 11.0. The molecular weight excluding hydrogens is 276 g/mol. The Morgan fingerprint density at radius 2 is 1.60 bits per heavy atom. The monoisotopic (exact) mass is 296 g/mol. The van der Waals surface area contributed by atoms with Gasteiger partial charge in [-0.15, -0.1) is 0 Å². The van der Waals surface area contributed by atoms with Gasteiger partial charge in [0.1, 0.15) is 6.04 Å². The highest BCUT2D eigenvalue weighted by atomic mass is 35.5. The highest BCUT2D eigenvalue weighted by Gasteiger charge is 2.27. The van der Waals surface area contributed by atoms with Crippen LogP contribution in [0.5, 0.6) is 0 Å². The molecule has 1 heterocycles. The summed E-state index contributed by atoms with van der Waals surface area (Å²) in [6.07, 6.45) is 0. The van der Waals surface area contributed by atoms with Crippen molar-refractivity contribution in [2.75, 3.05) is 26.2 Å². The minimum absolute atomic E-state index is 0.328. The summed E-state index contributed by atoms with van der Waals surface area (Å²) in [7, 11) is 0. The second-order valence-corrected chi connectivity index (χ2v) is 5.75. The lowest BCUT2D eigenvalue weighted by Gasteiger charge is -2.39. The Hall–Kier alpha value is -1.10. The van der Waals surface area contributed by atoms with Gasteiger partial charge in [-0.25, -0.2) is 0 Å². The van der Waals surface area contributed by atoms with Gasteiger partial charge in [-0.2, -0.15) is 0 Å². The second-order valence-electron chi connectivity index (χ2n) is 5.31. The van der Waals surface area contributed by atoms with Crippen molar-refractivity contribution < 1.29 is 9.90 Å². The summed E-state index contributed by atoms with van der Waals surface area (Å²) in [6, 6.07) is 7.86. The Morgan fingerprint density at radius 1 is 1.10 bits per heavy atom. The molecule has 4 nitrogen and oxygen atoms in total. The van der Waals surface area contributed by atoms with Crippen LogP contribution in [0, 0.1) is 0 Å². The zero-order valence-electron chi connectivity index (χ0n) is 11.9. The average Bonchev–Trinajstić information content (AvgIpc) is 2.46. The van der Waals surface area contributed by atoms with Crippen LogP contribution in [0.1, 0.15) is 25.5 Å². The third-order valence-corrected chi connectivity index (χ3v) is 4.41. The van der Waals surface area contributed by atoms with Crippen LogP contribution in [-0.4, -0.2) is 53.1 Å². The van der Waals surface area contributed by atoms with E-state index in [-0.39, 0.29) is 0 Å². The summed E-state index contributed by atoms with van der Waals surface area (Å²) in [5.41, 5.74) is 1.24. The van der Waals surface area contributed by atoms with E-state index in [0.717, 1.165) is 31.2 Å². The van der Waals surface area contributed by atoms with Crippen molar-refractivity contribution in [1.82, 2.24) is 9.80 Å². The molecule has 0 aliphatic carbocycles. The van der Waals surface area contributed by atoms with Crippen molar-refractivity contribution >= 4 is 17.6 Å². The van der Waals surface area contributed by atoms with E-state index in [2.05, 4.69) is 24.0 Å². The summed E-state index contributed by atoms with van der Waals surface area (Å²) < 4.78 is 0. The first-order valence-electron chi connectivity index (χ1n) is 6.95. The Labute approximate surface area is 124 Å². The molecule has 0 radical (unpaired) electrons. The smallest absolute Gasteiger partial charge is 0.320 e. The van der Waals surface area contributed by atoms with Gasteiger partial charge in [-0.1, -0.05) is 23.7 Å². The number of aliphatic carboxylic acids is 1. The summed E-state index contributed by atoms with van der Waals surface area (Å²) >= 11 is 5.91. The number of piperazine rings is 1. The molecule has 1 aliphatic rings. The maximum atomic E-state index is 11.0. The molecule has 0 bridgehead atoms. The standard InChI is InChI=1S/C15H21ClN2O2/c1-11(13-3-5-14(16)6-4-13)17-7-9-18(10-8-17)12(2)15(19)20/h3-6,11-12H,7-10H2,1-2H3,(H,19,20)/t11-,12-/m0/s1. The molecule has 2 atom stereocenters. The first-order valence-corrected chi connectivity index (χ1v) is 7.33. The lowest BCUT2D eigenvalue weighted by atomic mass is 10.1. The van der Waals surface area contributed by atoms with Gasteiger partial charge in [0.25, 0.3) is 0 Å². The van der Waals surface area contributed by atoms with Gasteiger partial charge in [-0.05, 0) is 31.5 Å². The van der Waals surface area contributed by atoms with E-state index >= 15 is 0 Å². The lowest BCUT2D eigenvalue weighted by molar-refractivity contribution is -0.143. The van der Waals surface area contributed by atoms with E-state index in [1.165, 1.54) is 5.56 Å². The van der Waals surface area contributed by atoms with E-state index < -0.39 is 12.0 Å². The quantitative estimate of drug-likeness (QED) is 0.927. The zero-order chi connectivity index (χ0) is 14.7. The van der Waals surface area contributed by atoms with Gasteiger partial charge in [0.15, 0.2) is 0 Å². The molecule has 1 aromatic carbocycles. The van der Waals surface area contributed by atoms with Crippen LogP contribution in [-0.2, 0) is 4.79 Å². The Morgan fingerprint density at radius 3 is 2.10 bits per heavy atom. The highest BCUT2D eigenvalue weighted by Crippen LogP contribution is 2.23. The molecule has 20 heavy (non-hydrogen) atoms. The number of hydrogen-bond acceptors (Lipinski definition) is 3. The first-order chi connectivity index (χ1) is 9.49. The minimum atomic E-state index is -0.746. The van der Waals surface area contributed by atoms with Crippen molar-refractivity contribution in [3.63, 3.8) is 0 Å². The minimum Gasteiger partial charge on any atom is -0.480 e. The SMILES string of the molecule is C[C@@H](C(=O)O)N1CCN([C@@H](C)c2ccc(Cl)cc2)CC1. The summed E-state index contributed by atoms with van der Waals surface area (Å²) in [5, 5.41) is 9.80. The van der Waals surface area contributed by atoms with Crippen molar-refractivity contribution in [1.29, 1.82) is 0 Å². The molecule has 0 spiro atoms. The van der Waals surface area contributed by atoms with Gasteiger partial charge in [-0.3, -0.25) is 14.6 Å². The molecule has 1 saturated heterocycles. The number of carboxylic acid groups (broad SMARTS) is 1. The zero-order valence-corrected chi connectivity index (χ0v) is 12.7. The predicted molar refractivity (Wildman–Crippen MR) is 80.1 cm³/mol. The van der Waals surface area contributed by atoms with E-state index in [4.69, 9.17) is 16.7 Å². The maximum Gasteiger partial charge on any atom is 0.320 e. The Bertz CT molecular complexity index is 455. The molecule has 1 fully saturated rings.